The first-order valence-corrected chi connectivity index (χ1v) is 15.8. The molecule has 0 spiro atoms. The second-order valence-electron chi connectivity index (χ2n) is 11.9. The molecule has 0 aliphatic carbocycles. The molecule has 8 aromatic carbocycles. The van der Waals surface area contributed by atoms with E-state index in [0.29, 0.717) is 0 Å². The summed E-state index contributed by atoms with van der Waals surface area (Å²) in [6.45, 7) is 0. The van der Waals surface area contributed by atoms with E-state index in [4.69, 9.17) is 0 Å². The number of pyridine rings is 1. The lowest BCUT2D eigenvalue weighted by Crippen LogP contribution is -1.93. The van der Waals surface area contributed by atoms with Gasteiger partial charge in [0, 0.05) is 17.8 Å². The summed E-state index contributed by atoms with van der Waals surface area (Å²) in [4.78, 5) is 4.61. The maximum absolute atomic E-state index is 4.61. The molecule has 0 unspecified atom stereocenters. The molecule has 0 fully saturated rings. The van der Waals surface area contributed by atoms with Crippen LogP contribution in [0.15, 0.2) is 176 Å². The first-order chi connectivity index (χ1) is 22.9. The zero-order valence-corrected chi connectivity index (χ0v) is 25.2. The normalized spacial score (nSPS) is 11.5. The molecule has 0 radical (unpaired) electrons. The SMILES string of the molecule is c1ccc(-c2c3ccccc3c(-c3ccc4c(-c5ccccc5)c5cnccc5c(-c5ccccc5)c4c3)c3ccccc23)cc1. The van der Waals surface area contributed by atoms with Crippen LogP contribution < -0.4 is 0 Å². The van der Waals surface area contributed by atoms with Crippen LogP contribution in [0.5, 0.6) is 0 Å². The first kappa shape index (κ1) is 26.4. The Labute approximate surface area is 268 Å². The van der Waals surface area contributed by atoms with Crippen LogP contribution >= 0.6 is 0 Å². The van der Waals surface area contributed by atoms with Gasteiger partial charge in [-0.05, 0) is 94.3 Å². The van der Waals surface area contributed by atoms with Crippen LogP contribution in [0.4, 0.5) is 0 Å². The fourth-order valence-corrected chi connectivity index (χ4v) is 7.41. The van der Waals surface area contributed by atoms with E-state index < -0.39 is 0 Å². The van der Waals surface area contributed by atoms with E-state index >= 15 is 0 Å². The molecule has 1 heteroatoms. The first-order valence-electron chi connectivity index (χ1n) is 15.8. The summed E-state index contributed by atoms with van der Waals surface area (Å²) in [5.74, 6) is 0. The highest BCUT2D eigenvalue weighted by molar-refractivity contribution is 6.24. The maximum Gasteiger partial charge on any atom is 0.0353 e. The molecule has 0 aliphatic rings. The number of rotatable bonds is 4. The molecule has 214 valence electrons. The molecule has 0 saturated heterocycles. The zero-order valence-electron chi connectivity index (χ0n) is 25.2. The Morgan fingerprint density at radius 1 is 0.261 bits per heavy atom. The molecule has 0 aliphatic heterocycles. The van der Waals surface area contributed by atoms with Gasteiger partial charge in [0.2, 0.25) is 0 Å². The van der Waals surface area contributed by atoms with Crippen molar-refractivity contribution in [3.63, 3.8) is 0 Å². The monoisotopic (exact) mass is 583 g/mol. The Balaban J connectivity index is 1.44. The molecule has 46 heavy (non-hydrogen) atoms. The van der Waals surface area contributed by atoms with Crippen LogP contribution in [-0.4, -0.2) is 4.98 Å². The van der Waals surface area contributed by atoms with E-state index in [9.17, 15) is 0 Å². The summed E-state index contributed by atoms with van der Waals surface area (Å²) in [5, 5.41) is 9.88. The molecule has 1 nitrogen and oxygen atoms in total. The largest absolute Gasteiger partial charge is 0.264 e. The second-order valence-corrected chi connectivity index (χ2v) is 11.9. The molecule has 0 amide bonds. The predicted molar refractivity (Wildman–Crippen MR) is 196 cm³/mol. The van der Waals surface area contributed by atoms with Crippen molar-refractivity contribution >= 4 is 43.1 Å². The Kier molecular flexibility index (Phi) is 6.21. The molecule has 1 aromatic heterocycles. The van der Waals surface area contributed by atoms with Gasteiger partial charge in [0.05, 0.1) is 0 Å². The van der Waals surface area contributed by atoms with E-state index in [1.54, 1.807) is 0 Å². The van der Waals surface area contributed by atoms with Crippen molar-refractivity contribution in [3.05, 3.63) is 176 Å². The minimum Gasteiger partial charge on any atom is -0.264 e. The molecule has 1 heterocycles. The number of hydrogen-bond acceptors (Lipinski definition) is 1. The fraction of sp³-hybridized carbons (Fsp3) is 0. The Morgan fingerprint density at radius 3 is 1.13 bits per heavy atom. The number of aromatic nitrogens is 1. The average molecular weight is 584 g/mol. The lowest BCUT2D eigenvalue weighted by atomic mass is 9.83. The van der Waals surface area contributed by atoms with Crippen LogP contribution in [-0.2, 0) is 0 Å². The average Bonchev–Trinajstić information content (AvgIpc) is 3.13. The van der Waals surface area contributed by atoms with Crippen molar-refractivity contribution in [2.24, 2.45) is 0 Å². The number of nitrogens with zero attached hydrogens (tertiary/aromatic N) is 1. The minimum atomic E-state index is 1.16. The van der Waals surface area contributed by atoms with E-state index in [1.165, 1.54) is 82.2 Å². The van der Waals surface area contributed by atoms with E-state index in [1.807, 2.05) is 12.4 Å². The van der Waals surface area contributed by atoms with Crippen molar-refractivity contribution in [3.8, 4) is 44.5 Å². The van der Waals surface area contributed by atoms with Crippen LogP contribution in [0.25, 0.3) is 87.6 Å². The maximum atomic E-state index is 4.61. The molecular formula is C45H29N. The molecule has 0 bridgehead atoms. The summed E-state index contributed by atoms with van der Waals surface area (Å²) in [6, 6.07) is 59.4. The summed E-state index contributed by atoms with van der Waals surface area (Å²) in [7, 11) is 0. The molecule has 0 saturated carbocycles. The lowest BCUT2D eigenvalue weighted by molar-refractivity contribution is 1.37. The van der Waals surface area contributed by atoms with E-state index in [-0.39, 0.29) is 0 Å². The summed E-state index contributed by atoms with van der Waals surface area (Å²) >= 11 is 0. The smallest absolute Gasteiger partial charge is 0.0353 e. The Morgan fingerprint density at radius 2 is 0.630 bits per heavy atom. The van der Waals surface area contributed by atoms with E-state index in [0.717, 1.165) is 5.39 Å². The topological polar surface area (TPSA) is 12.9 Å². The lowest BCUT2D eigenvalue weighted by Gasteiger charge is -2.20. The number of fused-ring (bicyclic) bond motifs is 4. The van der Waals surface area contributed by atoms with Crippen LogP contribution in [0.3, 0.4) is 0 Å². The van der Waals surface area contributed by atoms with Gasteiger partial charge in [0.15, 0.2) is 0 Å². The van der Waals surface area contributed by atoms with Gasteiger partial charge >= 0.3 is 0 Å². The van der Waals surface area contributed by atoms with Crippen molar-refractivity contribution in [2.75, 3.05) is 0 Å². The Hall–Kier alpha value is -6.05. The van der Waals surface area contributed by atoms with Gasteiger partial charge in [-0.25, -0.2) is 0 Å². The third kappa shape index (κ3) is 4.13. The second kappa shape index (κ2) is 10.8. The van der Waals surface area contributed by atoms with Crippen LogP contribution in [0, 0.1) is 0 Å². The minimum absolute atomic E-state index is 1.16. The standard InChI is InChI=1S/C45H29N/c1-4-14-30(15-5-1)42-34-20-10-12-22-36(34)45(37-23-13-11-21-35(37)42)33-24-25-38-40(28-33)43(31-16-6-2-7-17-31)39-26-27-46-29-41(39)44(38)32-18-8-3-9-19-32/h1-29H. The highest BCUT2D eigenvalue weighted by atomic mass is 14.6. The summed E-state index contributed by atoms with van der Waals surface area (Å²) < 4.78 is 0. The van der Waals surface area contributed by atoms with Crippen molar-refractivity contribution < 1.29 is 0 Å². The molecule has 9 aromatic rings. The zero-order chi connectivity index (χ0) is 30.5. The highest BCUT2D eigenvalue weighted by Gasteiger charge is 2.20. The van der Waals surface area contributed by atoms with Gasteiger partial charge in [-0.2, -0.15) is 0 Å². The molecule has 0 atom stereocenters. The molecule has 0 N–H and O–H groups in total. The summed E-state index contributed by atoms with van der Waals surface area (Å²) in [6.07, 6.45) is 3.95. The third-order valence-electron chi connectivity index (χ3n) is 9.33. The predicted octanol–water partition coefficient (Wildman–Crippen LogP) is 12.4. The van der Waals surface area contributed by atoms with Gasteiger partial charge < -0.3 is 0 Å². The Bertz CT molecular complexity index is 2490. The van der Waals surface area contributed by atoms with Crippen molar-refractivity contribution in [1.82, 2.24) is 4.98 Å². The highest BCUT2D eigenvalue weighted by Crippen LogP contribution is 2.47. The fourth-order valence-electron chi connectivity index (χ4n) is 7.41. The third-order valence-corrected chi connectivity index (χ3v) is 9.33. The van der Waals surface area contributed by atoms with E-state index in [2.05, 4.69) is 169 Å². The quantitative estimate of drug-likeness (QED) is 0.188. The van der Waals surface area contributed by atoms with Crippen LogP contribution in [0.2, 0.25) is 0 Å². The number of benzene rings is 8. The van der Waals surface area contributed by atoms with Gasteiger partial charge in [-0.3, -0.25) is 4.98 Å². The van der Waals surface area contributed by atoms with Crippen molar-refractivity contribution in [2.45, 2.75) is 0 Å². The van der Waals surface area contributed by atoms with Gasteiger partial charge in [0.1, 0.15) is 0 Å². The van der Waals surface area contributed by atoms with Crippen molar-refractivity contribution in [1.29, 1.82) is 0 Å². The van der Waals surface area contributed by atoms with Gasteiger partial charge in [0.25, 0.3) is 0 Å². The van der Waals surface area contributed by atoms with Gasteiger partial charge in [-0.15, -0.1) is 0 Å². The van der Waals surface area contributed by atoms with Gasteiger partial charge in [-0.1, -0.05) is 152 Å². The summed E-state index contributed by atoms with van der Waals surface area (Å²) in [5.41, 5.74) is 9.86. The molecule has 9 rings (SSSR count). The molecular weight excluding hydrogens is 555 g/mol. The number of hydrogen-bond donors (Lipinski definition) is 0. The van der Waals surface area contributed by atoms with Crippen LogP contribution in [0.1, 0.15) is 0 Å².